The van der Waals surface area contributed by atoms with E-state index in [1.807, 2.05) is 12.1 Å². The summed E-state index contributed by atoms with van der Waals surface area (Å²) in [6.45, 7) is 3.51. The van der Waals surface area contributed by atoms with Crippen LogP contribution in [0, 0.1) is 17.2 Å². The molecule has 0 saturated heterocycles. The second-order valence-electron chi connectivity index (χ2n) is 6.77. The maximum absolute atomic E-state index is 13.0. The van der Waals surface area contributed by atoms with Crippen molar-refractivity contribution < 1.29 is 4.39 Å². The molecule has 0 radical (unpaired) electrons. The van der Waals surface area contributed by atoms with Crippen LogP contribution in [0.15, 0.2) is 24.3 Å². The second-order valence-corrected chi connectivity index (χ2v) is 6.77. The summed E-state index contributed by atoms with van der Waals surface area (Å²) in [6.07, 6.45) is 8.07. The Labute approximate surface area is 115 Å². The lowest BCUT2D eigenvalue weighted by molar-refractivity contribution is 0.289. The molecule has 1 nitrogen and oxygen atoms in total. The lowest BCUT2D eigenvalue weighted by atomic mass is 9.88. The summed E-state index contributed by atoms with van der Waals surface area (Å²) in [5.74, 6) is 0.622. The van der Waals surface area contributed by atoms with Crippen molar-refractivity contribution in [3.63, 3.8) is 0 Å². The number of halogens is 1. The van der Waals surface area contributed by atoms with E-state index in [9.17, 15) is 4.39 Å². The van der Waals surface area contributed by atoms with Crippen molar-refractivity contribution >= 4 is 0 Å². The van der Waals surface area contributed by atoms with E-state index in [1.54, 1.807) is 12.1 Å². The third kappa shape index (κ3) is 3.17. The zero-order valence-electron chi connectivity index (χ0n) is 11.8. The van der Waals surface area contributed by atoms with Gasteiger partial charge < -0.3 is 5.32 Å². The van der Waals surface area contributed by atoms with E-state index in [0.29, 0.717) is 11.5 Å². The zero-order valence-corrected chi connectivity index (χ0v) is 11.8. The molecule has 2 aliphatic carbocycles. The molecule has 0 bridgehead atoms. The molecule has 2 heteroatoms. The van der Waals surface area contributed by atoms with Gasteiger partial charge in [0.05, 0.1) is 0 Å². The first-order chi connectivity index (χ1) is 9.16. The summed E-state index contributed by atoms with van der Waals surface area (Å²) in [5.41, 5.74) is 1.73. The predicted octanol–water partition coefficient (Wildman–Crippen LogP) is 4.45. The molecule has 0 aromatic heterocycles. The minimum atomic E-state index is -0.138. The summed E-state index contributed by atoms with van der Waals surface area (Å²) < 4.78 is 13.0. The lowest BCUT2D eigenvalue weighted by Gasteiger charge is -2.28. The minimum Gasteiger partial charge on any atom is -0.309 e. The fourth-order valence-electron chi connectivity index (χ4n) is 3.42. The molecule has 1 aromatic carbocycles. The first-order valence-corrected chi connectivity index (χ1v) is 7.65. The molecule has 1 N–H and O–H groups in total. The van der Waals surface area contributed by atoms with Crippen LogP contribution in [0.4, 0.5) is 4.39 Å². The highest BCUT2D eigenvalue weighted by molar-refractivity contribution is 5.22. The Morgan fingerprint density at radius 2 is 1.84 bits per heavy atom. The molecule has 19 heavy (non-hydrogen) atoms. The maximum atomic E-state index is 13.0. The second kappa shape index (κ2) is 5.24. The van der Waals surface area contributed by atoms with Gasteiger partial charge in [-0.05, 0) is 54.7 Å². The summed E-state index contributed by atoms with van der Waals surface area (Å²) >= 11 is 0. The normalized spacial score (nSPS) is 23.5. The van der Waals surface area contributed by atoms with Crippen molar-refractivity contribution in [3.05, 3.63) is 35.6 Å². The van der Waals surface area contributed by atoms with Crippen LogP contribution >= 0.6 is 0 Å². The Hall–Kier alpha value is -0.890. The van der Waals surface area contributed by atoms with Gasteiger partial charge in [-0.1, -0.05) is 31.9 Å². The fourth-order valence-corrected chi connectivity index (χ4v) is 3.42. The average molecular weight is 261 g/mol. The van der Waals surface area contributed by atoms with Crippen molar-refractivity contribution in [2.75, 3.05) is 6.54 Å². The molecule has 2 saturated carbocycles. The molecule has 1 atom stereocenters. The standard InChI is InChI=1S/C17H24FN/c1-17(10-2-3-11-17)12-19-16(13-4-5-13)14-6-8-15(18)9-7-14/h6-9,13,16,19H,2-5,10-12H2,1H3. The van der Waals surface area contributed by atoms with E-state index >= 15 is 0 Å². The molecule has 3 rings (SSSR count). The largest absolute Gasteiger partial charge is 0.309 e. The third-order valence-electron chi connectivity index (χ3n) is 4.88. The highest BCUT2D eigenvalue weighted by Crippen LogP contribution is 2.43. The van der Waals surface area contributed by atoms with Gasteiger partial charge in [0.15, 0.2) is 0 Å². The highest BCUT2D eigenvalue weighted by atomic mass is 19.1. The maximum Gasteiger partial charge on any atom is 0.123 e. The van der Waals surface area contributed by atoms with Crippen LogP contribution < -0.4 is 5.32 Å². The van der Waals surface area contributed by atoms with Crippen LogP contribution in [-0.2, 0) is 0 Å². The van der Waals surface area contributed by atoms with E-state index in [2.05, 4.69) is 12.2 Å². The Morgan fingerprint density at radius 1 is 1.21 bits per heavy atom. The van der Waals surface area contributed by atoms with Crippen molar-refractivity contribution in [2.45, 2.75) is 51.5 Å². The topological polar surface area (TPSA) is 12.0 Å². The highest BCUT2D eigenvalue weighted by Gasteiger charge is 2.35. The molecule has 0 heterocycles. The van der Waals surface area contributed by atoms with Crippen molar-refractivity contribution in [1.29, 1.82) is 0 Å². The van der Waals surface area contributed by atoms with Crippen LogP contribution in [-0.4, -0.2) is 6.54 Å². The molecular formula is C17H24FN. The van der Waals surface area contributed by atoms with Gasteiger partial charge in [0.25, 0.3) is 0 Å². The zero-order chi connectivity index (χ0) is 13.3. The summed E-state index contributed by atoms with van der Waals surface area (Å²) in [6, 6.07) is 7.50. The molecule has 0 spiro atoms. The lowest BCUT2D eigenvalue weighted by Crippen LogP contribution is -2.33. The van der Waals surface area contributed by atoms with Gasteiger partial charge in [0.2, 0.25) is 0 Å². The Morgan fingerprint density at radius 3 is 2.42 bits per heavy atom. The van der Waals surface area contributed by atoms with Crippen LogP contribution in [0.5, 0.6) is 0 Å². The molecule has 2 aliphatic rings. The van der Waals surface area contributed by atoms with E-state index < -0.39 is 0 Å². The monoisotopic (exact) mass is 261 g/mol. The first kappa shape index (κ1) is 13.1. The van der Waals surface area contributed by atoms with Crippen LogP contribution in [0.1, 0.15) is 57.1 Å². The number of hydrogen-bond donors (Lipinski definition) is 1. The van der Waals surface area contributed by atoms with Crippen LogP contribution in [0.2, 0.25) is 0 Å². The summed E-state index contributed by atoms with van der Waals surface area (Å²) in [5, 5.41) is 3.78. The minimum absolute atomic E-state index is 0.138. The van der Waals surface area contributed by atoms with Crippen molar-refractivity contribution in [2.24, 2.45) is 11.3 Å². The van der Waals surface area contributed by atoms with Gasteiger partial charge in [0, 0.05) is 12.6 Å². The summed E-state index contributed by atoms with van der Waals surface area (Å²) in [7, 11) is 0. The molecule has 1 unspecified atom stereocenters. The van der Waals surface area contributed by atoms with Crippen LogP contribution in [0.3, 0.4) is 0 Å². The van der Waals surface area contributed by atoms with E-state index in [4.69, 9.17) is 0 Å². The predicted molar refractivity (Wildman–Crippen MR) is 76.4 cm³/mol. The first-order valence-electron chi connectivity index (χ1n) is 7.65. The fraction of sp³-hybridized carbons (Fsp3) is 0.647. The summed E-state index contributed by atoms with van der Waals surface area (Å²) in [4.78, 5) is 0. The van der Waals surface area contributed by atoms with Gasteiger partial charge in [-0.15, -0.1) is 0 Å². The SMILES string of the molecule is CC1(CNC(c2ccc(F)cc2)C2CC2)CCCC1. The van der Waals surface area contributed by atoms with Gasteiger partial charge in [-0.3, -0.25) is 0 Å². The molecule has 0 amide bonds. The number of hydrogen-bond acceptors (Lipinski definition) is 1. The average Bonchev–Trinajstić information content (AvgIpc) is 3.14. The van der Waals surface area contributed by atoms with E-state index in [-0.39, 0.29) is 5.82 Å². The molecular weight excluding hydrogens is 237 g/mol. The van der Waals surface area contributed by atoms with E-state index in [0.717, 1.165) is 12.5 Å². The van der Waals surface area contributed by atoms with Gasteiger partial charge in [-0.2, -0.15) is 0 Å². The van der Waals surface area contributed by atoms with E-state index in [1.165, 1.54) is 44.1 Å². The van der Waals surface area contributed by atoms with Crippen molar-refractivity contribution in [1.82, 2.24) is 5.32 Å². The van der Waals surface area contributed by atoms with Crippen LogP contribution in [0.25, 0.3) is 0 Å². The Kier molecular flexibility index (Phi) is 3.62. The van der Waals surface area contributed by atoms with Gasteiger partial charge in [0.1, 0.15) is 5.82 Å². The van der Waals surface area contributed by atoms with Gasteiger partial charge >= 0.3 is 0 Å². The quantitative estimate of drug-likeness (QED) is 0.826. The van der Waals surface area contributed by atoms with Crippen molar-refractivity contribution in [3.8, 4) is 0 Å². The third-order valence-corrected chi connectivity index (χ3v) is 4.88. The Bertz CT molecular complexity index is 415. The Balaban J connectivity index is 1.66. The molecule has 0 aliphatic heterocycles. The molecule has 104 valence electrons. The molecule has 1 aromatic rings. The smallest absolute Gasteiger partial charge is 0.123 e. The number of benzene rings is 1. The molecule has 2 fully saturated rings. The number of nitrogens with one attached hydrogen (secondary N) is 1. The van der Waals surface area contributed by atoms with Gasteiger partial charge in [-0.25, -0.2) is 4.39 Å². The number of rotatable bonds is 5.